The zero-order valence-corrected chi connectivity index (χ0v) is 22.6. The fourth-order valence-corrected chi connectivity index (χ4v) is 4.77. The van der Waals surface area contributed by atoms with E-state index in [1.807, 2.05) is 38.1 Å². The minimum Gasteiger partial charge on any atom is -0.490 e. The van der Waals surface area contributed by atoms with E-state index in [0.717, 1.165) is 28.6 Å². The van der Waals surface area contributed by atoms with Crippen LogP contribution in [0.25, 0.3) is 6.08 Å². The summed E-state index contributed by atoms with van der Waals surface area (Å²) >= 11 is 4.31. The fourth-order valence-electron chi connectivity index (χ4n) is 3.36. The summed E-state index contributed by atoms with van der Waals surface area (Å²) in [4.78, 5) is 39.1. The Balaban J connectivity index is 1.73. The fraction of sp³-hybridized carbons (Fsp3) is 0.346. The Labute approximate surface area is 218 Å². The Morgan fingerprint density at radius 2 is 1.86 bits per heavy atom. The molecule has 0 atom stereocenters. The second kappa shape index (κ2) is 12.3. The van der Waals surface area contributed by atoms with Gasteiger partial charge in [0.15, 0.2) is 11.5 Å². The molecule has 2 aromatic carbocycles. The summed E-state index contributed by atoms with van der Waals surface area (Å²) in [5.74, 6) is 0.572. The maximum atomic E-state index is 12.9. The topological polar surface area (TPSA) is 84.9 Å². The van der Waals surface area contributed by atoms with Gasteiger partial charge < -0.3 is 14.8 Å². The molecule has 3 rings (SSSR count). The van der Waals surface area contributed by atoms with Gasteiger partial charge in [-0.3, -0.25) is 19.3 Å². The van der Waals surface area contributed by atoms with Crippen molar-refractivity contribution in [1.82, 2.24) is 4.90 Å². The highest BCUT2D eigenvalue weighted by Gasteiger charge is 2.36. The van der Waals surface area contributed by atoms with E-state index >= 15 is 0 Å². The van der Waals surface area contributed by atoms with E-state index in [1.54, 1.807) is 18.2 Å². The van der Waals surface area contributed by atoms with Crippen molar-refractivity contribution in [3.05, 3.63) is 56.9 Å². The highest BCUT2D eigenvalue weighted by molar-refractivity contribution is 9.10. The average Bonchev–Trinajstić information content (AvgIpc) is 3.06. The van der Waals surface area contributed by atoms with E-state index in [1.165, 1.54) is 0 Å². The van der Waals surface area contributed by atoms with Gasteiger partial charge in [0.25, 0.3) is 11.1 Å². The van der Waals surface area contributed by atoms with Crippen LogP contribution in [0.15, 0.2) is 45.8 Å². The zero-order valence-electron chi connectivity index (χ0n) is 20.2. The first-order valence-electron chi connectivity index (χ1n) is 11.5. The molecule has 9 heteroatoms. The van der Waals surface area contributed by atoms with E-state index in [2.05, 4.69) is 35.1 Å². The molecular formula is C26H29BrN2O5S. The summed E-state index contributed by atoms with van der Waals surface area (Å²) in [6.07, 6.45) is 2.47. The van der Waals surface area contributed by atoms with E-state index in [9.17, 15) is 14.4 Å². The molecule has 35 heavy (non-hydrogen) atoms. The number of nitrogens with zero attached hydrogens (tertiary/aromatic N) is 1. The molecule has 0 aromatic heterocycles. The van der Waals surface area contributed by atoms with Crippen LogP contribution < -0.4 is 14.8 Å². The van der Waals surface area contributed by atoms with Crippen LogP contribution in [0.2, 0.25) is 0 Å². The molecule has 2 aromatic rings. The predicted octanol–water partition coefficient (Wildman–Crippen LogP) is 6.44. The summed E-state index contributed by atoms with van der Waals surface area (Å²) in [6.45, 7) is 8.70. The first-order chi connectivity index (χ1) is 16.7. The number of rotatable bonds is 10. The van der Waals surface area contributed by atoms with E-state index < -0.39 is 17.1 Å². The van der Waals surface area contributed by atoms with Crippen molar-refractivity contribution < 1.29 is 23.9 Å². The van der Waals surface area contributed by atoms with Gasteiger partial charge >= 0.3 is 0 Å². The number of anilines is 1. The quantitative estimate of drug-likeness (QED) is 0.337. The van der Waals surface area contributed by atoms with Gasteiger partial charge in [-0.05, 0) is 88.4 Å². The summed E-state index contributed by atoms with van der Waals surface area (Å²) in [7, 11) is 0. The van der Waals surface area contributed by atoms with Crippen LogP contribution in [-0.4, -0.2) is 41.7 Å². The van der Waals surface area contributed by atoms with E-state index in [4.69, 9.17) is 9.47 Å². The number of hydrogen-bond acceptors (Lipinski definition) is 6. The molecule has 0 saturated carbocycles. The third kappa shape index (κ3) is 6.89. The summed E-state index contributed by atoms with van der Waals surface area (Å²) < 4.78 is 12.2. The standard InChI is InChI=1S/C26H29BrN2O5S/c1-5-11-34-24-20(27)12-17(13-21(24)33-6-2)14-22-25(31)29(26(32)35-22)15-23(30)28-19-9-7-18(8-10-19)16(3)4/h7-10,12-14,16H,5-6,11,15H2,1-4H3,(H,28,30)/b22-14-. The molecule has 3 amide bonds. The number of benzene rings is 2. The SMILES string of the molecule is CCCOc1c(Br)cc(/C=C2\SC(=O)N(CC(=O)Nc3ccc(C(C)C)cc3)C2=O)cc1OCC. The number of carbonyl (C=O) groups excluding carboxylic acids is 3. The lowest BCUT2D eigenvalue weighted by molar-refractivity contribution is -0.127. The number of thioether (sulfide) groups is 1. The van der Waals surface area contributed by atoms with Crippen LogP contribution in [-0.2, 0) is 9.59 Å². The van der Waals surface area contributed by atoms with Gasteiger partial charge in [0, 0.05) is 5.69 Å². The van der Waals surface area contributed by atoms with Gasteiger partial charge in [0.1, 0.15) is 6.54 Å². The van der Waals surface area contributed by atoms with Crippen LogP contribution in [0.1, 0.15) is 51.2 Å². The van der Waals surface area contributed by atoms with Crippen molar-refractivity contribution in [3.63, 3.8) is 0 Å². The van der Waals surface area contributed by atoms with Crippen LogP contribution in [0.3, 0.4) is 0 Å². The van der Waals surface area contributed by atoms with Gasteiger partial charge in [-0.25, -0.2) is 0 Å². The summed E-state index contributed by atoms with van der Waals surface area (Å²) in [6, 6.07) is 11.1. The largest absolute Gasteiger partial charge is 0.490 e. The van der Waals surface area contributed by atoms with Crippen molar-refractivity contribution in [2.45, 2.75) is 40.0 Å². The third-order valence-corrected chi connectivity index (χ3v) is 6.61. The van der Waals surface area contributed by atoms with Crippen LogP contribution in [0.4, 0.5) is 10.5 Å². The maximum absolute atomic E-state index is 12.9. The lowest BCUT2D eigenvalue weighted by Gasteiger charge is -2.14. The number of halogens is 1. The van der Waals surface area contributed by atoms with Crippen LogP contribution in [0, 0.1) is 0 Å². The minimum absolute atomic E-state index is 0.237. The highest BCUT2D eigenvalue weighted by atomic mass is 79.9. The Hall–Kier alpha value is -2.78. The number of carbonyl (C=O) groups is 3. The smallest absolute Gasteiger partial charge is 0.294 e. The molecular weight excluding hydrogens is 532 g/mol. The van der Waals surface area contributed by atoms with Crippen molar-refractivity contribution in [2.75, 3.05) is 25.1 Å². The third-order valence-electron chi connectivity index (χ3n) is 5.12. The van der Waals surface area contributed by atoms with Gasteiger partial charge in [0.2, 0.25) is 5.91 Å². The second-order valence-corrected chi connectivity index (χ2v) is 10.1. The number of ether oxygens (including phenoxy) is 2. The Morgan fingerprint density at radius 1 is 1.14 bits per heavy atom. The Kier molecular flexibility index (Phi) is 9.40. The molecule has 1 fully saturated rings. The molecule has 1 aliphatic rings. The van der Waals surface area contributed by atoms with Crippen molar-refractivity contribution in [1.29, 1.82) is 0 Å². The molecule has 1 heterocycles. The molecule has 186 valence electrons. The Bertz CT molecular complexity index is 1130. The Morgan fingerprint density at radius 3 is 2.49 bits per heavy atom. The lowest BCUT2D eigenvalue weighted by Crippen LogP contribution is -2.36. The maximum Gasteiger partial charge on any atom is 0.294 e. The molecule has 0 aliphatic carbocycles. The molecule has 7 nitrogen and oxygen atoms in total. The van der Waals surface area contributed by atoms with Crippen LogP contribution in [0.5, 0.6) is 11.5 Å². The monoisotopic (exact) mass is 560 g/mol. The average molecular weight is 561 g/mol. The van der Waals surface area contributed by atoms with Crippen LogP contribution >= 0.6 is 27.7 Å². The normalized spacial score (nSPS) is 14.7. The van der Waals surface area contributed by atoms with E-state index in [-0.39, 0.29) is 11.4 Å². The predicted molar refractivity (Wildman–Crippen MR) is 143 cm³/mol. The van der Waals surface area contributed by atoms with Gasteiger partial charge in [-0.15, -0.1) is 0 Å². The molecule has 0 spiro atoms. The first kappa shape index (κ1) is 26.8. The van der Waals surface area contributed by atoms with E-state index in [0.29, 0.717) is 46.4 Å². The molecule has 0 radical (unpaired) electrons. The second-order valence-electron chi connectivity index (χ2n) is 8.20. The molecule has 1 saturated heterocycles. The van der Waals surface area contributed by atoms with Gasteiger partial charge in [-0.2, -0.15) is 0 Å². The number of imide groups is 1. The molecule has 1 aliphatic heterocycles. The zero-order chi connectivity index (χ0) is 25.5. The molecule has 0 unspecified atom stereocenters. The minimum atomic E-state index is -0.509. The number of hydrogen-bond donors (Lipinski definition) is 1. The number of nitrogens with one attached hydrogen (secondary N) is 1. The highest BCUT2D eigenvalue weighted by Crippen LogP contribution is 2.39. The lowest BCUT2D eigenvalue weighted by atomic mass is 10.0. The molecule has 1 N–H and O–H groups in total. The van der Waals surface area contributed by atoms with Crippen molar-refractivity contribution >= 4 is 56.5 Å². The first-order valence-corrected chi connectivity index (χ1v) is 13.1. The number of amides is 3. The summed E-state index contributed by atoms with van der Waals surface area (Å²) in [5.41, 5.74) is 2.44. The van der Waals surface area contributed by atoms with Gasteiger partial charge in [-0.1, -0.05) is 32.9 Å². The van der Waals surface area contributed by atoms with Crippen molar-refractivity contribution in [2.24, 2.45) is 0 Å². The molecule has 0 bridgehead atoms. The summed E-state index contributed by atoms with van der Waals surface area (Å²) in [5, 5.41) is 2.25. The van der Waals surface area contributed by atoms with Crippen molar-refractivity contribution in [3.8, 4) is 11.5 Å². The van der Waals surface area contributed by atoms with Gasteiger partial charge in [0.05, 0.1) is 22.6 Å².